The van der Waals surface area contributed by atoms with Crippen molar-refractivity contribution < 1.29 is 18.3 Å². The van der Waals surface area contributed by atoms with Crippen LogP contribution in [0.15, 0.2) is 12.1 Å². The number of halogens is 2. The molecule has 1 aromatic carbocycles. The topological polar surface area (TPSA) is 50.4 Å². The van der Waals surface area contributed by atoms with E-state index in [4.69, 9.17) is 4.74 Å². The van der Waals surface area contributed by atoms with Gasteiger partial charge in [0.15, 0.2) is 0 Å². The highest BCUT2D eigenvalue weighted by atomic mass is 19.1. The van der Waals surface area contributed by atoms with Crippen LogP contribution < -0.4 is 10.6 Å². The number of piperidine rings is 1. The van der Waals surface area contributed by atoms with Crippen molar-refractivity contribution in [2.24, 2.45) is 0 Å². The summed E-state index contributed by atoms with van der Waals surface area (Å²) in [6, 6.07) is 2.09. The molecule has 2 saturated heterocycles. The molecule has 0 aliphatic carbocycles. The van der Waals surface area contributed by atoms with Gasteiger partial charge < -0.3 is 15.4 Å². The number of amides is 1. The summed E-state index contributed by atoms with van der Waals surface area (Å²) < 4.78 is 33.7. The van der Waals surface area contributed by atoms with Gasteiger partial charge in [-0.2, -0.15) is 0 Å². The largest absolute Gasteiger partial charge is 0.379 e. The second kappa shape index (κ2) is 6.71. The SMILES string of the molecule is O=C(NC1CCOC1)c1cc(F)c(C2CCNCC2)cc1F. The second-order valence-corrected chi connectivity index (χ2v) is 5.91. The number of carbonyl (C=O) groups is 1. The van der Waals surface area contributed by atoms with Crippen molar-refractivity contribution in [2.75, 3.05) is 26.3 Å². The molecule has 2 fully saturated rings. The Morgan fingerprint density at radius 2 is 1.95 bits per heavy atom. The molecule has 0 spiro atoms. The minimum absolute atomic E-state index is 0.0103. The number of hydrogen-bond donors (Lipinski definition) is 2. The molecule has 0 radical (unpaired) electrons. The van der Waals surface area contributed by atoms with E-state index in [2.05, 4.69) is 10.6 Å². The van der Waals surface area contributed by atoms with E-state index in [0.717, 1.165) is 32.0 Å². The molecule has 2 heterocycles. The van der Waals surface area contributed by atoms with Crippen molar-refractivity contribution in [3.05, 3.63) is 34.9 Å². The molecule has 1 aromatic rings. The molecular formula is C16H20F2N2O2. The molecule has 1 unspecified atom stereocenters. The van der Waals surface area contributed by atoms with E-state index in [1.807, 2.05) is 0 Å². The summed E-state index contributed by atoms with van der Waals surface area (Å²) in [4.78, 5) is 12.1. The molecule has 1 amide bonds. The molecule has 4 nitrogen and oxygen atoms in total. The van der Waals surface area contributed by atoms with Crippen molar-refractivity contribution in [1.29, 1.82) is 0 Å². The number of hydrogen-bond acceptors (Lipinski definition) is 3. The Kier molecular flexibility index (Phi) is 4.69. The van der Waals surface area contributed by atoms with Crippen LogP contribution in [0, 0.1) is 11.6 Å². The van der Waals surface area contributed by atoms with Crippen LogP contribution in [0.1, 0.15) is 41.1 Å². The van der Waals surface area contributed by atoms with Crippen molar-refractivity contribution in [3.63, 3.8) is 0 Å². The van der Waals surface area contributed by atoms with Gasteiger partial charge in [-0.15, -0.1) is 0 Å². The Morgan fingerprint density at radius 1 is 1.18 bits per heavy atom. The van der Waals surface area contributed by atoms with Gasteiger partial charge in [-0.25, -0.2) is 8.78 Å². The van der Waals surface area contributed by atoms with Crippen molar-refractivity contribution in [3.8, 4) is 0 Å². The van der Waals surface area contributed by atoms with Crippen LogP contribution in [0.2, 0.25) is 0 Å². The maximum atomic E-state index is 14.3. The lowest BCUT2D eigenvalue weighted by Gasteiger charge is -2.23. The lowest BCUT2D eigenvalue weighted by Crippen LogP contribution is -2.35. The Morgan fingerprint density at radius 3 is 2.64 bits per heavy atom. The van der Waals surface area contributed by atoms with E-state index in [0.29, 0.717) is 25.2 Å². The highest BCUT2D eigenvalue weighted by Crippen LogP contribution is 2.29. The van der Waals surface area contributed by atoms with Gasteiger partial charge >= 0.3 is 0 Å². The Labute approximate surface area is 128 Å². The van der Waals surface area contributed by atoms with E-state index in [1.54, 1.807) is 0 Å². The molecule has 0 saturated carbocycles. The average molecular weight is 310 g/mol. The van der Waals surface area contributed by atoms with Gasteiger partial charge in [0, 0.05) is 6.61 Å². The minimum atomic E-state index is -0.661. The maximum Gasteiger partial charge on any atom is 0.254 e. The summed E-state index contributed by atoms with van der Waals surface area (Å²) in [5.41, 5.74) is 0.141. The third kappa shape index (κ3) is 3.28. The van der Waals surface area contributed by atoms with Crippen LogP contribution >= 0.6 is 0 Å². The third-order valence-electron chi connectivity index (χ3n) is 4.37. The summed E-state index contributed by atoms with van der Waals surface area (Å²) in [5, 5.41) is 5.88. The Hall–Kier alpha value is -1.53. The molecule has 22 heavy (non-hydrogen) atoms. The minimum Gasteiger partial charge on any atom is -0.379 e. The number of rotatable bonds is 3. The quantitative estimate of drug-likeness (QED) is 0.897. The standard InChI is InChI=1S/C16H20F2N2O2/c17-14-8-13(16(21)20-11-3-6-22-9-11)15(18)7-12(14)10-1-4-19-5-2-10/h7-8,10-11,19H,1-6,9H2,(H,20,21). The number of carbonyl (C=O) groups excluding carboxylic acids is 1. The number of benzene rings is 1. The first kappa shape index (κ1) is 15.4. The first-order valence-corrected chi connectivity index (χ1v) is 7.73. The fourth-order valence-corrected chi connectivity index (χ4v) is 3.09. The monoisotopic (exact) mass is 310 g/mol. The van der Waals surface area contributed by atoms with Crippen LogP contribution in [0.5, 0.6) is 0 Å². The summed E-state index contributed by atoms with van der Waals surface area (Å²) in [6.45, 7) is 2.60. The summed E-state index contributed by atoms with van der Waals surface area (Å²) in [7, 11) is 0. The zero-order chi connectivity index (χ0) is 15.5. The number of ether oxygens (including phenoxy) is 1. The van der Waals surface area contributed by atoms with E-state index in [1.165, 1.54) is 6.07 Å². The van der Waals surface area contributed by atoms with E-state index < -0.39 is 17.5 Å². The van der Waals surface area contributed by atoms with Gasteiger partial charge in [-0.05, 0) is 56.0 Å². The third-order valence-corrected chi connectivity index (χ3v) is 4.37. The lowest BCUT2D eigenvalue weighted by atomic mass is 9.89. The predicted octanol–water partition coefficient (Wildman–Crippen LogP) is 1.95. The molecule has 2 N–H and O–H groups in total. The Balaban J connectivity index is 1.77. The van der Waals surface area contributed by atoms with Gasteiger partial charge in [0.1, 0.15) is 11.6 Å². The van der Waals surface area contributed by atoms with E-state index >= 15 is 0 Å². The van der Waals surface area contributed by atoms with Crippen LogP contribution in [-0.4, -0.2) is 38.3 Å². The van der Waals surface area contributed by atoms with Crippen LogP contribution in [0.25, 0.3) is 0 Å². The first-order chi connectivity index (χ1) is 10.6. The number of nitrogens with one attached hydrogen (secondary N) is 2. The van der Waals surface area contributed by atoms with Crippen LogP contribution in [0.4, 0.5) is 8.78 Å². The average Bonchev–Trinajstić information content (AvgIpc) is 3.03. The molecule has 2 aliphatic heterocycles. The lowest BCUT2D eigenvalue weighted by molar-refractivity contribution is 0.0925. The highest BCUT2D eigenvalue weighted by Gasteiger charge is 2.24. The molecule has 6 heteroatoms. The fourth-order valence-electron chi connectivity index (χ4n) is 3.09. The van der Waals surface area contributed by atoms with Gasteiger partial charge in [-0.1, -0.05) is 0 Å². The van der Waals surface area contributed by atoms with Crippen molar-refractivity contribution in [2.45, 2.75) is 31.2 Å². The summed E-state index contributed by atoms with van der Waals surface area (Å²) >= 11 is 0. The van der Waals surface area contributed by atoms with Gasteiger partial charge in [0.2, 0.25) is 0 Å². The first-order valence-electron chi connectivity index (χ1n) is 7.73. The van der Waals surface area contributed by atoms with Crippen LogP contribution in [0.3, 0.4) is 0 Å². The van der Waals surface area contributed by atoms with Gasteiger partial charge in [0.25, 0.3) is 5.91 Å². The normalized spacial score (nSPS) is 22.7. The van der Waals surface area contributed by atoms with Crippen LogP contribution in [-0.2, 0) is 4.74 Å². The van der Waals surface area contributed by atoms with E-state index in [9.17, 15) is 13.6 Å². The smallest absolute Gasteiger partial charge is 0.254 e. The van der Waals surface area contributed by atoms with E-state index in [-0.39, 0.29) is 17.5 Å². The molecular weight excluding hydrogens is 290 g/mol. The molecule has 0 aromatic heterocycles. The molecule has 120 valence electrons. The predicted molar refractivity (Wildman–Crippen MR) is 77.9 cm³/mol. The maximum absolute atomic E-state index is 14.3. The van der Waals surface area contributed by atoms with Gasteiger partial charge in [-0.3, -0.25) is 4.79 Å². The molecule has 0 bridgehead atoms. The fraction of sp³-hybridized carbons (Fsp3) is 0.562. The highest BCUT2D eigenvalue weighted by molar-refractivity contribution is 5.94. The summed E-state index contributed by atoms with van der Waals surface area (Å²) in [6.07, 6.45) is 2.26. The van der Waals surface area contributed by atoms with Crippen molar-refractivity contribution in [1.82, 2.24) is 10.6 Å². The summed E-state index contributed by atoms with van der Waals surface area (Å²) in [5.74, 6) is -1.73. The zero-order valence-electron chi connectivity index (χ0n) is 12.3. The Bertz CT molecular complexity index is 553. The zero-order valence-corrected chi connectivity index (χ0v) is 12.3. The van der Waals surface area contributed by atoms with Gasteiger partial charge in [0.05, 0.1) is 18.2 Å². The molecule has 2 aliphatic rings. The molecule has 1 atom stereocenters. The molecule has 3 rings (SSSR count). The second-order valence-electron chi connectivity index (χ2n) is 5.91. The van der Waals surface area contributed by atoms with Crippen molar-refractivity contribution >= 4 is 5.91 Å².